The molecule has 32 heavy (non-hydrogen) atoms. The van der Waals surface area contributed by atoms with Gasteiger partial charge >= 0.3 is 0 Å². The fraction of sp³-hybridized carbons (Fsp3) is 0.240. The van der Waals surface area contributed by atoms with Gasteiger partial charge in [0.25, 0.3) is 0 Å². The van der Waals surface area contributed by atoms with Crippen molar-refractivity contribution in [1.82, 2.24) is 4.31 Å². The predicted octanol–water partition coefficient (Wildman–Crippen LogP) is 4.83. The first-order chi connectivity index (χ1) is 15.4. The number of anilines is 1. The van der Waals surface area contributed by atoms with E-state index < -0.39 is 10.0 Å². The average Bonchev–Trinajstić information content (AvgIpc) is 2.81. The molecule has 7 heteroatoms. The molecule has 1 amide bonds. The average molecular weight is 451 g/mol. The summed E-state index contributed by atoms with van der Waals surface area (Å²) in [5.74, 6) is 1.14. The van der Waals surface area contributed by atoms with Gasteiger partial charge in [-0.2, -0.15) is 4.31 Å². The number of rotatable bonds is 6. The van der Waals surface area contributed by atoms with E-state index in [1.807, 2.05) is 43.3 Å². The Morgan fingerprint density at radius 2 is 1.59 bits per heavy atom. The third-order valence-electron chi connectivity index (χ3n) is 5.55. The summed E-state index contributed by atoms with van der Waals surface area (Å²) in [5.41, 5.74) is 1.81. The second-order valence-corrected chi connectivity index (χ2v) is 9.86. The molecule has 1 heterocycles. The highest BCUT2D eigenvalue weighted by Crippen LogP contribution is 2.26. The Bertz CT molecular complexity index is 1170. The van der Waals surface area contributed by atoms with Crippen LogP contribution in [0.25, 0.3) is 0 Å². The molecule has 1 N–H and O–H groups in total. The van der Waals surface area contributed by atoms with Crippen LogP contribution in [-0.4, -0.2) is 31.7 Å². The number of piperidine rings is 1. The largest absolute Gasteiger partial charge is 0.457 e. The fourth-order valence-corrected chi connectivity index (χ4v) is 5.26. The maximum absolute atomic E-state index is 12.7. The van der Waals surface area contributed by atoms with Crippen LogP contribution in [-0.2, 0) is 14.8 Å². The first kappa shape index (κ1) is 22.0. The number of hydrogen-bond acceptors (Lipinski definition) is 4. The highest BCUT2D eigenvalue weighted by atomic mass is 32.2. The van der Waals surface area contributed by atoms with Gasteiger partial charge in [0, 0.05) is 24.7 Å². The summed E-state index contributed by atoms with van der Waals surface area (Å²) in [6, 6.07) is 23.4. The monoisotopic (exact) mass is 450 g/mol. The smallest absolute Gasteiger partial charge is 0.243 e. The normalized spacial score (nSPS) is 15.3. The van der Waals surface area contributed by atoms with E-state index in [1.165, 1.54) is 4.31 Å². The third kappa shape index (κ3) is 5.18. The van der Waals surface area contributed by atoms with Gasteiger partial charge in [-0.3, -0.25) is 4.79 Å². The molecule has 3 aromatic rings. The molecule has 4 rings (SSSR count). The van der Waals surface area contributed by atoms with Crippen LogP contribution in [0, 0.1) is 12.8 Å². The van der Waals surface area contributed by atoms with Crippen molar-refractivity contribution in [2.45, 2.75) is 24.7 Å². The number of ether oxygens (including phenoxy) is 1. The van der Waals surface area contributed by atoms with Crippen molar-refractivity contribution in [2.75, 3.05) is 18.4 Å². The van der Waals surface area contributed by atoms with E-state index in [4.69, 9.17) is 4.74 Å². The lowest BCUT2D eigenvalue weighted by molar-refractivity contribution is -0.120. The Morgan fingerprint density at radius 1 is 0.906 bits per heavy atom. The summed E-state index contributed by atoms with van der Waals surface area (Å²) in [6.07, 6.45) is 0.985. The van der Waals surface area contributed by atoms with Crippen LogP contribution in [0.4, 0.5) is 5.69 Å². The highest BCUT2D eigenvalue weighted by molar-refractivity contribution is 7.89. The van der Waals surface area contributed by atoms with E-state index in [1.54, 1.807) is 42.5 Å². The van der Waals surface area contributed by atoms with Crippen molar-refractivity contribution in [3.05, 3.63) is 84.4 Å². The minimum atomic E-state index is -3.52. The van der Waals surface area contributed by atoms with Gasteiger partial charge in [-0.15, -0.1) is 0 Å². The Labute approximate surface area is 188 Å². The molecular formula is C25H26N2O4S. The molecule has 0 aromatic heterocycles. The molecular weight excluding hydrogens is 424 g/mol. The molecule has 0 bridgehead atoms. The maximum Gasteiger partial charge on any atom is 0.243 e. The highest BCUT2D eigenvalue weighted by Gasteiger charge is 2.32. The van der Waals surface area contributed by atoms with E-state index in [2.05, 4.69) is 5.32 Å². The van der Waals surface area contributed by atoms with Gasteiger partial charge < -0.3 is 10.1 Å². The number of hydrogen-bond donors (Lipinski definition) is 1. The SMILES string of the molecule is Cc1cccc(Oc2ccc(NC(=O)C3CCN(S(=O)(=O)c4ccccc4)CC3)cc2)c1. The lowest BCUT2D eigenvalue weighted by Crippen LogP contribution is -2.41. The molecule has 0 saturated carbocycles. The van der Waals surface area contributed by atoms with Crippen LogP contribution in [0.15, 0.2) is 83.8 Å². The second-order valence-electron chi connectivity index (χ2n) is 7.92. The molecule has 166 valence electrons. The molecule has 0 unspecified atom stereocenters. The van der Waals surface area contributed by atoms with Gasteiger partial charge in [-0.1, -0.05) is 30.3 Å². The topological polar surface area (TPSA) is 75.7 Å². The lowest BCUT2D eigenvalue weighted by Gasteiger charge is -2.30. The van der Waals surface area contributed by atoms with Crippen molar-refractivity contribution in [2.24, 2.45) is 5.92 Å². The Hall–Kier alpha value is -3.16. The summed E-state index contributed by atoms with van der Waals surface area (Å²) in [6.45, 7) is 2.67. The van der Waals surface area contributed by atoms with Gasteiger partial charge in [0.2, 0.25) is 15.9 Å². The van der Waals surface area contributed by atoms with Crippen LogP contribution < -0.4 is 10.1 Å². The van der Waals surface area contributed by atoms with E-state index >= 15 is 0 Å². The molecule has 0 spiro atoms. The lowest BCUT2D eigenvalue weighted by atomic mass is 9.97. The van der Waals surface area contributed by atoms with Crippen LogP contribution in [0.2, 0.25) is 0 Å². The van der Waals surface area contributed by atoms with Crippen LogP contribution in [0.3, 0.4) is 0 Å². The van der Waals surface area contributed by atoms with E-state index in [0.29, 0.717) is 37.4 Å². The van der Waals surface area contributed by atoms with E-state index in [9.17, 15) is 13.2 Å². The number of sulfonamides is 1. The molecule has 0 atom stereocenters. The zero-order chi connectivity index (χ0) is 22.6. The number of aryl methyl sites for hydroxylation is 1. The van der Waals surface area contributed by atoms with Crippen molar-refractivity contribution >= 4 is 21.6 Å². The van der Waals surface area contributed by atoms with Crippen molar-refractivity contribution < 1.29 is 17.9 Å². The fourth-order valence-electron chi connectivity index (χ4n) is 3.77. The number of amides is 1. The quantitative estimate of drug-likeness (QED) is 0.584. The Morgan fingerprint density at radius 3 is 2.25 bits per heavy atom. The summed E-state index contributed by atoms with van der Waals surface area (Å²) in [5, 5.41) is 2.93. The second kappa shape index (κ2) is 9.54. The standard InChI is InChI=1S/C25H26N2O4S/c1-19-6-5-7-23(18-19)31-22-12-10-21(11-13-22)26-25(28)20-14-16-27(17-15-20)32(29,30)24-8-3-2-4-9-24/h2-13,18,20H,14-17H2,1H3,(H,26,28). The molecule has 0 aliphatic carbocycles. The zero-order valence-electron chi connectivity index (χ0n) is 17.9. The summed E-state index contributed by atoms with van der Waals surface area (Å²) >= 11 is 0. The van der Waals surface area contributed by atoms with Crippen molar-refractivity contribution in [3.8, 4) is 11.5 Å². The van der Waals surface area contributed by atoms with Gasteiger partial charge in [0.05, 0.1) is 4.90 Å². The van der Waals surface area contributed by atoms with Crippen LogP contribution in [0.5, 0.6) is 11.5 Å². The molecule has 1 aliphatic heterocycles. The summed E-state index contributed by atoms with van der Waals surface area (Å²) < 4.78 is 32.8. The zero-order valence-corrected chi connectivity index (χ0v) is 18.7. The molecule has 6 nitrogen and oxygen atoms in total. The first-order valence-electron chi connectivity index (χ1n) is 10.6. The number of nitrogens with one attached hydrogen (secondary N) is 1. The number of nitrogens with zero attached hydrogens (tertiary/aromatic N) is 1. The summed E-state index contributed by atoms with van der Waals surface area (Å²) in [4.78, 5) is 13.0. The van der Waals surface area contributed by atoms with Crippen molar-refractivity contribution in [3.63, 3.8) is 0 Å². The third-order valence-corrected chi connectivity index (χ3v) is 7.47. The number of benzene rings is 3. The van der Waals surface area contributed by atoms with E-state index in [0.717, 1.165) is 11.3 Å². The van der Waals surface area contributed by atoms with Crippen LogP contribution in [0.1, 0.15) is 18.4 Å². The van der Waals surface area contributed by atoms with Crippen molar-refractivity contribution in [1.29, 1.82) is 0 Å². The maximum atomic E-state index is 12.7. The van der Waals surface area contributed by atoms with E-state index in [-0.39, 0.29) is 16.7 Å². The van der Waals surface area contributed by atoms with Gasteiger partial charge in [-0.05, 0) is 73.9 Å². The van der Waals surface area contributed by atoms with Gasteiger partial charge in [0.1, 0.15) is 11.5 Å². The number of carbonyl (C=O) groups is 1. The van der Waals surface area contributed by atoms with Gasteiger partial charge in [0.15, 0.2) is 0 Å². The van der Waals surface area contributed by atoms with Crippen LogP contribution >= 0.6 is 0 Å². The summed E-state index contributed by atoms with van der Waals surface area (Å²) in [7, 11) is -3.52. The number of carbonyl (C=O) groups excluding carboxylic acids is 1. The minimum absolute atomic E-state index is 0.0888. The predicted molar refractivity (Wildman–Crippen MR) is 124 cm³/mol. The molecule has 0 radical (unpaired) electrons. The molecule has 1 aliphatic rings. The molecule has 1 fully saturated rings. The molecule has 1 saturated heterocycles. The Kier molecular flexibility index (Phi) is 6.58. The minimum Gasteiger partial charge on any atom is -0.457 e. The van der Waals surface area contributed by atoms with Gasteiger partial charge in [-0.25, -0.2) is 8.42 Å². The Balaban J connectivity index is 1.31. The molecule has 3 aromatic carbocycles. The first-order valence-corrected chi connectivity index (χ1v) is 12.1.